The summed E-state index contributed by atoms with van der Waals surface area (Å²) in [6, 6.07) is 2.86. The summed E-state index contributed by atoms with van der Waals surface area (Å²) in [6.45, 7) is 2.63. The normalized spacial score (nSPS) is 17.4. The lowest BCUT2D eigenvalue weighted by Crippen LogP contribution is -2.37. The predicted molar refractivity (Wildman–Crippen MR) is 70.2 cm³/mol. The topological polar surface area (TPSA) is 67.1 Å². The summed E-state index contributed by atoms with van der Waals surface area (Å²) in [6.07, 6.45) is 5.47. The van der Waals surface area contributed by atoms with Crippen LogP contribution >= 0.6 is 0 Å². The molecule has 0 radical (unpaired) electrons. The second kappa shape index (κ2) is 5.31. The molecule has 1 saturated carbocycles. The van der Waals surface area contributed by atoms with Gasteiger partial charge in [-0.3, -0.25) is 0 Å². The van der Waals surface area contributed by atoms with Crippen LogP contribution in [0, 0.1) is 0 Å². The van der Waals surface area contributed by atoms with Gasteiger partial charge in [-0.1, -0.05) is 0 Å². The van der Waals surface area contributed by atoms with Gasteiger partial charge in [0.25, 0.3) is 0 Å². The molecule has 17 heavy (non-hydrogen) atoms. The maximum Gasteiger partial charge on any atom is 0.134 e. The Hall–Kier alpha value is -1.36. The summed E-state index contributed by atoms with van der Waals surface area (Å²) < 4.78 is 0. The number of rotatable bonds is 5. The van der Waals surface area contributed by atoms with E-state index < -0.39 is 0 Å². The molecule has 5 heteroatoms. The number of anilines is 2. The summed E-state index contributed by atoms with van der Waals surface area (Å²) in [5.41, 5.74) is 5.58. The molecule has 0 saturated heterocycles. The van der Waals surface area contributed by atoms with Crippen LogP contribution in [0.1, 0.15) is 26.2 Å². The van der Waals surface area contributed by atoms with E-state index in [1.807, 2.05) is 13.0 Å². The van der Waals surface area contributed by atoms with Crippen LogP contribution in [0.3, 0.4) is 0 Å². The van der Waals surface area contributed by atoms with Gasteiger partial charge >= 0.3 is 0 Å². The van der Waals surface area contributed by atoms with Crippen molar-refractivity contribution in [1.82, 2.24) is 9.97 Å². The Morgan fingerprint density at radius 1 is 1.53 bits per heavy atom. The van der Waals surface area contributed by atoms with Crippen LogP contribution in [-0.2, 0) is 0 Å². The lowest BCUT2D eigenvalue weighted by Gasteiger charge is -2.35. The van der Waals surface area contributed by atoms with E-state index in [0.717, 1.165) is 11.6 Å². The van der Waals surface area contributed by atoms with Crippen molar-refractivity contribution in [3.05, 3.63) is 12.4 Å². The zero-order chi connectivity index (χ0) is 12.3. The smallest absolute Gasteiger partial charge is 0.134 e. The van der Waals surface area contributed by atoms with Crippen molar-refractivity contribution in [2.24, 2.45) is 5.73 Å². The second-order valence-electron chi connectivity index (χ2n) is 4.74. The lowest BCUT2D eigenvalue weighted by atomic mass is 9.92. The monoisotopic (exact) mass is 235 g/mol. The molecule has 1 aliphatic rings. The highest BCUT2D eigenvalue weighted by molar-refractivity contribution is 5.49. The average molecular weight is 235 g/mol. The molecule has 0 bridgehead atoms. The quantitative estimate of drug-likeness (QED) is 0.803. The SMILES string of the molecule is CC(CN)Nc1cc(N(C)C2CCC2)ncn1. The minimum absolute atomic E-state index is 0.228. The van der Waals surface area contributed by atoms with Crippen LogP contribution in [0.25, 0.3) is 0 Å². The van der Waals surface area contributed by atoms with Crippen molar-refractivity contribution in [2.45, 2.75) is 38.3 Å². The molecular weight excluding hydrogens is 214 g/mol. The molecular formula is C12H21N5. The Balaban J connectivity index is 2.04. The van der Waals surface area contributed by atoms with Crippen molar-refractivity contribution < 1.29 is 0 Å². The van der Waals surface area contributed by atoms with E-state index >= 15 is 0 Å². The van der Waals surface area contributed by atoms with Crippen LogP contribution in [0.4, 0.5) is 11.6 Å². The van der Waals surface area contributed by atoms with Gasteiger partial charge in [0.2, 0.25) is 0 Å². The fourth-order valence-corrected chi connectivity index (χ4v) is 1.89. The number of hydrogen-bond donors (Lipinski definition) is 2. The first-order chi connectivity index (χ1) is 8.20. The summed E-state index contributed by atoms with van der Waals surface area (Å²) in [7, 11) is 2.10. The van der Waals surface area contributed by atoms with Crippen LogP contribution in [0.2, 0.25) is 0 Å². The molecule has 0 amide bonds. The van der Waals surface area contributed by atoms with Gasteiger partial charge < -0.3 is 16.0 Å². The van der Waals surface area contributed by atoms with Crippen LogP contribution in [0.5, 0.6) is 0 Å². The predicted octanol–water partition coefficient (Wildman–Crippen LogP) is 1.22. The lowest BCUT2D eigenvalue weighted by molar-refractivity contribution is 0.399. The molecule has 1 aliphatic carbocycles. The number of nitrogens with zero attached hydrogens (tertiary/aromatic N) is 3. The molecule has 1 aromatic rings. The third-order valence-electron chi connectivity index (χ3n) is 3.38. The molecule has 5 nitrogen and oxygen atoms in total. The zero-order valence-corrected chi connectivity index (χ0v) is 10.6. The molecule has 0 aliphatic heterocycles. The number of aromatic nitrogens is 2. The number of nitrogens with two attached hydrogens (primary N) is 1. The van der Waals surface area contributed by atoms with Gasteiger partial charge in [-0.25, -0.2) is 9.97 Å². The molecule has 3 N–H and O–H groups in total. The van der Waals surface area contributed by atoms with Crippen molar-refractivity contribution in [2.75, 3.05) is 23.8 Å². The van der Waals surface area contributed by atoms with E-state index in [0.29, 0.717) is 12.6 Å². The van der Waals surface area contributed by atoms with Crippen molar-refractivity contribution in [3.63, 3.8) is 0 Å². The van der Waals surface area contributed by atoms with Gasteiger partial charge in [0.1, 0.15) is 18.0 Å². The molecule has 0 aromatic carbocycles. The van der Waals surface area contributed by atoms with Crippen molar-refractivity contribution in [3.8, 4) is 0 Å². The fraction of sp³-hybridized carbons (Fsp3) is 0.667. The maximum atomic E-state index is 5.58. The minimum Gasteiger partial charge on any atom is -0.366 e. The van der Waals surface area contributed by atoms with Gasteiger partial charge in [0, 0.05) is 31.7 Å². The van der Waals surface area contributed by atoms with E-state index in [4.69, 9.17) is 5.73 Å². The zero-order valence-electron chi connectivity index (χ0n) is 10.6. The molecule has 1 unspecified atom stereocenters. The highest BCUT2D eigenvalue weighted by Crippen LogP contribution is 2.27. The number of hydrogen-bond acceptors (Lipinski definition) is 5. The van der Waals surface area contributed by atoms with Gasteiger partial charge in [0.15, 0.2) is 0 Å². The third-order valence-corrected chi connectivity index (χ3v) is 3.38. The van der Waals surface area contributed by atoms with Gasteiger partial charge in [-0.05, 0) is 26.2 Å². The third kappa shape index (κ3) is 2.85. The van der Waals surface area contributed by atoms with E-state index in [-0.39, 0.29) is 6.04 Å². The van der Waals surface area contributed by atoms with E-state index in [1.54, 1.807) is 6.33 Å². The first-order valence-corrected chi connectivity index (χ1v) is 6.22. The summed E-state index contributed by atoms with van der Waals surface area (Å²) >= 11 is 0. The summed E-state index contributed by atoms with van der Waals surface area (Å²) in [5.74, 6) is 1.83. The molecule has 1 aromatic heterocycles. The van der Waals surface area contributed by atoms with Crippen molar-refractivity contribution in [1.29, 1.82) is 0 Å². The molecule has 0 spiro atoms. The van der Waals surface area contributed by atoms with Crippen LogP contribution in [-0.4, -0.2) is 35.6 Å². The van der Waals surface area contributed by atoms with Crippen molar-refractivity contribution >= 4 is 11.6 Å². The maximum absolute atomic E-state index is 5.58. The molecule has 1 heterocycles. The highest BCUT2D eigenvalue weighted by Gasteiger charge is 2.23. The first-order valence-electron chi connectivity index (χ1n) is 6.22. The number of nitrogens with one attached hydrogen (secondary N) is 1. The Morgan fingerprint density at radius 3 is 2.88 bits per heavy atom. The largest absolute Gasteiger partial charge is 0.366 e. The highest BCUT2D eigenvalue weighted by atomic mass is 15.2. The van der Waals surface area contributed by atoms with Gasteiger partial charge in [0.05, 0.1) is 0 Å². The van der Waals surface area contributed by atoms with Gasteiger partial charge in [-0.15, -0.1) is 0 Å². The van der Waals surface area contributed by atoms with E-state index in [2.05, 4.69) is 27.2 Å². The Bertz CT molecular complexity index is 364. The Labute approximate surface area is 102 Å². The Kier molecular flexibility index (Phi) is 3.78. The average Bonchev–Trinajstić information content (AvgIpc) is 2.27. The molecule has 1 atom stereocenters. The summed E-state index contributed by atoms with van der Waals surface area (Å²) in [4.78, 5) is 10.8. The minimum atomic E-state index is 0.228. The standard InChI is InChI=1S/C12H21N5/c1-9(7-13)16-11-6-12(15-8-14-11)17(2)10-4-3-5-10/h6,8-10H,3-5,7,13H2,1-2H3,(H,14,15,16). The second-order valence-corrected chi connectivity index (χ2v) is 4.74. The summed E-state index contributed by atoms with van der Waals surface area (Å²) in [5, 5.41) is 3.26. The first kappa shape index (κ1) is 12.1. The fourth-order valence-electron chi connectivity index (χ4n) is 1.89. The van der Waals surface area contributed by atoms with Gasteiger partial charge in [-0.2, -0.15) is 0 Å². The molecule has 2 rings (SSSR count). The Morgan fingerprint density at radius 2 is 2.29 bits per heavy atom. The van der Waals surface area contributed by atoms with E-state index in [1.165, 1.54) is 19.3 Å². The molecule has 94 valence electrons. The van der Waals surface area contributed by atoms with Crippen LogP contribution in [0.15, 0.2) is 12.4 Å². The van der Waals surface area contributed by atoms with Crippen LogP contribution < -0.4 is 16.0 Å². The molecule has 1 fully saturated rings. The van der Waals surface area contributed by atoms with E-state index in [9.17, 15) is 0 Å².